The fourth-order valence-corrected chi connectivity index (χ4v) is 2.94. The van der Waals surface area contributed by atoms with Gasteiger partial charge < -0.3 is 20.4 Å². The molecule has 2 aliphatic rings. The molecule has 2 N–H and O–H groups in total. The van der Waals surface area contributed by atoms with Gasteiger partial charge in [0.2, 0.25) is 5.91 Å². The lowest BCUT2D eigenvalue weighted by Gasteiger charge is -2.37. The van der Waals surface area contributed by atoms with E-state index >= 15 is 0 Å². The summed E-state index contributed by atoms with van der Waals surface area (Å²) in [6, 6.07) is 6.02. The highest BCUT2D eigenvalue weighted by molar-refractivity contribution is 14.0. The van der Waals surface area contributed by atoms with Crippen molar-refractivity contribution in [1.29, 1.82) is 0 Å². The molecular formula is C18H29IN6O. The highest BCUT2D eigenvalue weighted by Gasteiger charge is 2.29. The second-order valence-corrected chi connectivity index (χ2v) is 6.46. The molecule has 26 heavy (non-hydrogen) atoms. The summed E-state index contributed by atoms with van der Waals surface area (Å²) >= 11 is 0. The van der Waals surface area contributed by atoms with Gasteiger partial charge in [0.1, 0.15) is 5.82 Å². The molecular weight excluding hydrogens is 443 g/mol. The number of piperazine rings is 1. The summed E-state index contributed by atoms with van der Waals surface area (Å²) < 4.78 is 0. The number of aliphatic imine (C=N–C) groups is 1. The summed E-state index contributed by atoms with van der Waals surface area (Å²) in [6.07, 6.45) is 3.92. The molecule has 0 aromatic carbocycles. The number of nitrogens with one attached hydrogen (secondary N) is 2. The molecule has 1 aliphatic heterocycles. The Morgan fingerprint density at radius 1 is 1.23 bits per heavy atom. The molecule has 0 atom stereocenters. The van der Waals surface area contributed by atoms with Crippen LogP contribution in [0.15, 0.2) is 29.4 Å². The molecule has 144 valence electrons. The van der Waals surface area contributed by atoms with E-state index in [2.05, 4.69) is 43.4 Å². The Kier molecular flexibility index (Phi) is 8.40. The molecule has 0 bridgehead atoms. The van der Waals surface area contributed by atoms with Gasteiger partial charge in [-0.05, 0) is 31.9 Å². The zero-order valence-corrected chi connectivity index (χ0v) is 17.7. The van der Waals surface area contributed by atoms with Crippen LogP contribution in [0.2, 0.25) is 0 Å². The van der Waals surface area contributed by atoms with Crippen LogP contribution in [0.25, 0.3) is 0 Å². The Bertz CT molecular complexity index is 585. The molecule has 2 heterocycles. The molecule has 0 spiro atoms. The van der Waals surface area contributed by atoms with Crippen molar-refractivity contribution in [3.8, 4) is 0 Å². The normalized spacial score (nSPS) is 17.5. The van der Waals surface area contributed by atoms with Crippen molar-refractivity contribution in [2.45, 2.75) is 19.8 Å². The van der Waals surface area contributed by atoms with Gasteiger partial charge in [-0.3, -0.25) is 9.79 Å². The predicted molar refractivity (Wildman–Crippen MR) is 115 cm³/mol. The van der Waals surface area contributed by atoms with Crippen molar-refractivity contribution in [3.05, 3.63) is 24.4 Å². The van der Waals surface area contributed by atoms with Crippen molar-refractivity contribution in [2.24, 2.45) is 10.9 Å². The molecule has 2 fully saturated rings. The van der Waals surface area contributed by atoms with Gasteiger partial charge in [0.25, 0.3) is 0 Å². The number of amides is 1. The molecule has 8 heteroatoms. The molecule has 1 saturated carbocycles. The van der Waals surface area contributed by atoms with Crippen LogP contribution in [0.1, 0.15) is 19.8 Å². The van der Waals surface area contributed by atoms with E-state index in [4.69, 9.17) is 0 Å². The minimum absolute atomic E-state index is 0. The maximum Gasteiger partial charge on any atom is 0.223 e. The summed E-state index contributed by atoms with van der Waals surface area (Å²) in [5.74, 6) is 2.41. The van der Waals surface area contributed by atoms with Crippen LogP contribution in [-0.4, -0.2) is 67.6 Å². The van der Waals surface area contributed by atoms with Crippen molar-refractivity contribution < 1.29 is 4.79 Å². The highest BCUT2D eigenvalue weighted by Crippen LogP contribution is 2.28. The van der Waals surface area contributed by atoms with E-state index in [1.165, 1.54) is 0 Å². The van der Waals surface area contributed by atoms with E-state index < -0.39 is 0 Å². The Hall–Kier alpha value is -1.58. The summed E-state index contributed by atoms with van der Waals surface area (Å²) in [7, 11) is 0. The number of carbonyl (C=O) groups excluding carboxylic acids is 1. The first-order chi connectivity index (χ1) is 12.3. The molecule has 1 amide bonds. The van der Waals surface area contributed by atoms with E-state index in [0.717, 1.165) is 57.3 Å². The van der Waals surface area contributed by atoms with Crippen molar-refractivity contribution in [3.63, 3.8) is 0 Å². The van der Waals surface area contributed by atoms with Gasteiger partial charge in [0.15, 0.2) is 5.96 Å². The fraction of sp³-hybridized carbons (Fsp3) is 0.611. The summed E-state index contributed by atoms with van der Waals surface area (Å²) in [4.78, 5) is 25.3. The third-order valence-electron chi connectivity index (χ3n) is 4.51. The van der Waals surface area contributed by atoms with Gasteiger partial charge in [-0.2, -0.15) is 0 Å². The molecule has 0 unspecified atom stereocenters. The minimum atomic E-state index is 0. The number of pyridine rings is 1. The van der Waals surface area contributed by atoms with E-state index in [0.29, 0.717) is 13.1 Å². The lowest BCUT2D eigenvalue weighted by atomic mass is 10.3. The number of carbonyl (C=O) groups is 1. The molecule has 1 aliphatic carbocycles. The van der Waals surface area contributed by atoms with E-state index in [9.17, 15) is 4.79 Å². The van der Waals surface area contributed by atoms with E-state index in [-0.39, 0.29) is 35.8 Å². The van der Waals surface area contributed by atoms with Gasteiger partial charge in [-0.1, -0.05) is 6.07 Å². The number of nitrogens with zero attached hydrogens (tertiary/aromatic N) is 4. The number of anilines is 1. The minimum Gasteiger partial charge on any atom is -0.357 e. The number of rotatable bonds is 6. The molecule has 0 radical (unpaired) electrons. The quantitative estimate of drug-likeness (QED) is 0.283. The number of hydrogen-bond acceptors (Lipinski definition) is 4. The van der Waals surface area contributed by atoms with Gasteiger partial charge in [0, 0.05) is 51.4 Å². The van der Waals surface area contributed by atoms with Crippen molar-refractivity contribution >= 4 is 41.7 Å². The lowest BCUT2D eigenvalue weighted by Crippen LogP contribution is -2.52. The van der Waals surface area contributed by atoms with Crippen LogP contribution in [-0.2, 0) is 4.79 Å². The SMILES string of the molecule is CCNC(=NCCNC(=O)C1CC1)N1CCN(c2ccccn2)CC1.I. The first kappa shape index (κ1) is 20.7. The monoisotopic (exact) mass is 472 g/mol. The second kappa shape index (κ2) is 10.5. The predicted octanol–water partition coefficient (Wildman–Crippen LogP) is 1.31. The zero-order valence-electron chi connectivity index (χ0n) is 15.4. The van der Waals surface area contributed by atoms with Crippen LogP contribution < -0.4 is 15.5 Å². The van der Waals surface area contributed by atoms with Crippen molar-refractivity contribution in [1.82, 2.24) is 20.5 Å². The van der Waals surface area contributed by atoms with E-state index in [1.54, 1.807) is 0 Å². The fourth-order valence-electron chi connectivity index (χ4n) is 2.94. The smallest absolute Gasteiger partial charge is 0.223 e. The summed E-state index contributed by atoms with van der Waals surface area (Å²) in [6.45, 7) is 7.83. The lowest BCUT2D eigenvalue weighted by molar-refractivity contribution is -0.122. The Morgan fingerprint density at radius 2 is 2.00 bits per heavy atom. The molecule has 1 aromatic heterocycles. The number of aromatic nitrogens is 1. The van der Waals surface area contributed by atoms with Crippen LogP contribution in [0, 0.1) is 5.92 Å². The molecule has 1 aromatic rings. The molecule has 1 saturated heterocycles. The maximum atomic E-state index is 11.7. The van der Waals surface area contributed by atoms with E-state index in [1.807, 2.05) is 18.3 Å². The topological polar surface area (TPSA) is 72.9 Å². The van der Waals surface area contributed by atoms with Gasteiger partial charge >= 0.3 is 0 Å². The first-order valence-corrected chi connectivity index (χ1v) is 9.25. The standard InChI is InChI=1S/C18H28N6O.HI/c1-2-19-18(22-10-9-21-17(25)15-6-7-15)24-13-11-23(12-14-24)16-5-3-4-8-20-16;/h3-5,8,15H,2,6-7,9-14H2,1H3,(H,19,22)(H,21,25);1H. The largest absolute Gasteiger partial charge is 0.357 e. The number of guanidine groups is 1. The Morgan fingerprint density at radius 3 is 2.62 bits per heavy atom. The summed E-state index contributed by atoms with van der Waals surface area (Å²) in [5, 5.41) is 6.32. The van der Waals surface area contributed by atoms with Gasteiger partial charge in [-0.15, -0.1) is 24.0 Å². The molecule has 3 rings (SSSR count). The summed E-state index contributed by atoms with van der Waals surface area (Å²) in [5.41, 5.74) is 0. The Balaban J connectivity index is 0.00000243. The third-order valence-corrected chi connectivity index (χ3v) is 4.51. The van der Waals surface area contributed by atoms with Crippen LogP contribution >= 0.6 is 24.0 Å². The van der Waals surface area contributed by atoms with Crippen LogP contribution in [0.4, 0.5) is 5.82 Å². The number of hydrogen-bond donors (Lipinski definition) is 2. The van der Waals surface area contributed by atoms with Gasteiger partial charge in [-0.25, -0.2) is 4.98 Å². The second-order valence-electron chi connectivity index (χ2n) is 6.46. The maximum absolute atomic E-state index is 11.7. The average Bonchev–Trinajstić information content (AvgIpc) is 3.50. The number of halogens is 1. The van der Waals surface area contributed by atoms with Crippen molar-refractivity contribution in [2.75, 3.05) is 50.7 Å². The highest BCUT2D eigenvalue weighted by atomic mass is 127. The Labute approximate surface area is 172 Å². The van der Waals surface area contributed by atoms with Gasteiger partial charge in [0.05, 0.1) is 6.54 Å². The molecule has 7 nitrogen and oxygen atoms in total. The van der Waals surface area contributed by atoms with Crippen LogP contribution in [0.3, 0.4) is 0 Å². The zero-order chi connectivity index (χ0) is 17.5. The third kappa shape index (κ3) is 6.00. The first-order valence-electron chi connectivity index (χ1n) is 9.25. The van der Waals surface area contributed by atoms with Crippen LogP contribution in [0.5, 0.6) is 0 Å². The average molecular weight is 472 g/mol.